The number of rotatable bonds is 7. The number of aromatic nitrogens is 4. The van der Waals surface area contributed by atoms with E-state index < -0.39 is 5.97 Å². The van der Waals surface area contributed by atoms with Crippen molar-refractivity contribution < 1.29 is 14.3 Å². The highest BCUT2D eigenvalue weighted by molar-refractivity contribution is 5.80. The van der Waals surface area contributed by atoms with E-state index in [4.69, 9.17) is 10.5 Å². The SMILES string of the molecule is Cc1nc2nc(N)nn2c(C)c1CCC(=O)OCC(=O)N[C@H](C)[C@H]1C[C@H]2CC[C@H]1C2. The molecule has 2 fully saturated rings. The Labute approximate surface area is 175 Å². The average molecular weight is 415 g/mol. The van der Waals surface area contributed by atoms with Crippen molar-refractivity contribution in [1.82, 2.24) is 24.9 Å². The molecule has 2 bridgehead atoms. The summed E-state index contributed by atoms with van der Waals surface area (Å²) in [6.45, 7) is 5.58. The topological polar surface area (TPSA) is 124 Å². The molecule has 0 spiro atoms. The number of carbonyl (C=O) groups excluding carboxylic acids is 2. The van der Waals surface area contributed by atoms with Gasteiger partial charge in [0.15, 0.2) is 6.61 Å². The lowest BCUT2D eigenvalue weighted by atomic mass is 9.84. The number of carbonyl (C=O) groups is 2. The lowest BCUT2D eigenvalue weighted by molar-refractivity contribution is -0.148. The number of amides is 1. The van der Waals surface area contributed by atoms with Crippen LogP contribution in [0.5, 0.6) is 0 Å². The van der Waals surface area contributed by atoms with Gasteiger partial charge in [0.2, 0.25) is 5.95 Å². The lowest BCUT2D eigenvalue weighted by Gasteiger charge is -2.28. The highest BCUT2D eigenvalue weighted by Gasteiger charge is 2.42. The fourth-order valence-electron chi connectivity index (χ4n) is 5.34. The molecular weight excluding hydrogens is 384 g/mol. The van der Waals surface area contributed by atoms with Gasteiger partial charge in [-0.3, -0.25) is 9.59 Å². The van der Waals surface area contributed by atoms with E-state index in [2.05, 4.69) is 27.3 Å². The molecule has 2 aromatic heterocycles. The van der Waals surface area contributed by atoms with Gasteiger partial charge in [0.05, 0.1) is 0 Å². The molecule has 3 N–H and O–H groups in total. The van der Waals surface area contributed by atoms with Crippen molar-refractivity contribution in [3.63, 3.8) is 0 Å². The Hall–Kier alpha value is -2.71. The average Bonchev–Trinajstić information content (AvgIpc) is 3.41. The van der Waals surface area contributed by atoms with Crippen LogP contribution < -0.4 is 11.1 Å². The number of aryl methyl sites for hydroxylation is 2. The van der Waals surface area contributed by atoms with Crippen LogP contribution in [0.4, 0.5) is 5.95 Å². The summed E-state index contributed by atoms with van der Waals surface area (Å²) in [6.07, 6.45) is 5.74. The molecule has 0 aromatic carbocycles. The predicted octanol–water partition coefficient (Wildman–Crippen LogP) is 1.74. The minimum atomic E-state index is -0.408. The van der Waals surface area contributed by atoms with Crippen molar-refractivity contribution in [2.24, 2.45) is 17.8 Å². The Bertz CT molecular complexity index is 971. The number of hydrogen-bond acceptors (Lipinski definition) is 7. The Morgan fingerprint density at radius 3 is 2.77 bits per heavy atom. The molecule has 2 aromatic rings. The van der Waals surface area contributed by atoms with E-state index in [0.717, 1.165) is 28.8 Å². The fourth-order valence-corrected chi connectivity index (χ4v) is 5.34. The van der Waals surface area contributed by atoms with Crippen LogP contribution in [0.15, 0.2) is 0 Å². The first kappa shape index (κ1) is 20.6. The zero-order chi connectivity index (χ0) is 21.4. The molecule has 9 heteroatoms. The molecule has 30 heavy (non-hydrogen) atoms. The number of nitrogen functional groups attached to an aromatic ring is 1. The van der Waals surface area contributed by atoms with Crippen LogP contribution in [-0.2, 0) is 20.7 Å². The maximum Gasteiger partial charge on any atom is 0.306 e. The van der Waals surface area contributed by atoms with E-state index in [1.54, 1.807) is 4.52 Å². The van der Waals surface area contributed by atoms with Crippen molar-refractivity contribution in [2.75, 3.05) is 12.3 Å². The highest BCUT2D eigenvalue weighted by Crippen LogP contribution is 2.49. The van der Waals surface area contributed by atoms with Crippen molar-refractivity contribution in [2.45, 2.75) is 65.3 Å². The van der Waals surface area contributed by atoms with Gasteiger partial charge < -0.3 is 15.8 Å². The minimum Gasteiger partial charge on any atom is -0.456 e. The number of ether oxygens (including phenoxy) is 1. The van der Waals surface area contributed by atoms with Crippen LogP contribution in [0.3, 0.4) is 0 Å². The van der Waals surface area contributed by atoms with Crippen LogP contribution in [0, 0.1) is 31.6 Å². The zero-order valence-electron chi connectivity index (χ0n) is 17.9. The summed E-state index contributed by atoms with van der Waals surface area (Å²) in [7, 11) is 0. The van der Waals surface area contributed by atoms with Crippen molar-refractivity contribution in [3.05, 3.63) is 17.0 Å². The first-order valence-electron chi connectivity index (χ1n) is 10.7. The molecule has 4 atom stereocenters. The van der Waals surface area contributed by atoms with Crippen LogP contribution in [-0.4, -0.2) is 44.1 Å². The van der Waals surface area contributed by atoms with Crippen LogP contribution >= 0.6 is 0 Å². The molecule has 162 valence electrons. The number of nitrogens with zero attached hydrogens (tertiary/aromatic N) is 4. The maximum absolute atomic E-state index is 12.2. The molecule has 1 amide bonds. The van der Waals surface area contributed by atoms with Gasteiger partial charge in [-0.05, 0) is 69.8 Å². The van der Waals surface area contributed by atoms with E-state index >= 15 is 0 Å². The van der Waals surface area contributed by atoms with E-state index in [0.29, 0.717) is 18.1 Å². The van der Waals surface area contributed by atoms with Gasteiger partial charge in [-0.15, -0.1) is 5.10 Å². The molecule has 2 saturated carbocycles. The van der Waals surface area contributed by atoms with Gasteiger partial charge in [-0.2, -0.15) is 9.50 Å². The first-order valence-corrected chi connectivity index (χ1v) is 10.7. The standard InChI is InChI=1S/C21H30N6O3/c1-11-16(13(3)27-21(24-11)25-20(22)26-27)6-7-19(29)30-10-18(28)23-12(2)17-9-14-4-5-15(17)8-14/h12,14-15,17H,4-10H2,1-3H3,(H2,22,26)(H,23,28)/t12-,14+,15+,17-/m1/s1. The van der Waals surface area contributed by atoms with Gasteiger partial charge in [-0.1, -0.05) is 6.42 Å². The second kappa shape index (κ2) is 8.20. The summed E-state index contributed by atoms with van der Waals surface area (Å²) < 4.78 is 6.77. The molecule has 0 aliphatic heterocycles. The molecule has 0 unspecified atom stereocenters. The second-order valence-electron chi connectivity index (χ2n) is 8.80. The summed E-state index contributed by atoms with van der Waals surface area (Å²) in [5.41, 5.74) is 8.16. The number of nitrogens with one attached hydrogen (secondary N) is 1. The van der Waals surface area contributed by atoms with E-state index in [1.165, 1.54) is 25.7 Å². The number of anilines is 1. The molecular formula is C21H30N6O3. The van der Waals surface area contributed by atoms with Crippen molar-refractivity contribution in [3.8, 4) is 0 Å². The Balaban J connectivity index is 1.25. The van der Waals surface area contributed by atoms with Crippen molar-refractivity contribution >= 4 is 23.6 Å². The summed E-state index contributed by atoms with van der Waals surface area (Å²) in [5.74, 6) is 2.10. The summed E-state index contributed by atoms with van der Waals surface area (Å²) in [6, 6.07) is 0.129. The molecule has 2 heterocycles. The Kier molecular flexibility index (Phi) is 5.62. The van der Waals surface area contributed by atoms with E-state index in [-0.39, 0.29) is 30.9 Å². The second-order valence-corrected chi connectivity index (χ2v) is 8.80. The summed E-state index contributed by atoms with van der Waals surface area (Å²) >= 11 is 0. The molecule has 0 radical (unpaired) electrons. The van der Waals surface area contributed by atoms with Gasteiger partial charge in [0.1, 0.15) is 0 Å². The normalized spacial score (nSPS) is 23.6. The smallest absolute Gasteiger partial charge is 0.306 e. The van der Waals surface area contributed by atoms with Gasteiger partial charge in [-0.25, -0.2) is 4.98 Å². The lowest BCUT2D eigenvalue weighted by Crippen LogP contribution is -2.42. The van der Waals surface area contributed by atoms with Gasteiger partial charge >= 0.3 is 5.97 Å². The summed E-state index contributed by atoms with van der Waals surface area (Å²) in [5, 5.41) is 7.15. The van der Waals surface area contributed by atoms with Crippen LogP contribution in [0.1, 0.15) is 56.0 Å². The minimum absolute atomic E-state index is 0.129. The third-order valence-electron chi connectivity index (χ3n) is 6.83. The molecule has 2 aliphatic rings. The van der Waals surface area contributed by atoms with E-state index in [1.807, 2.05) is 13.8 Å². The van der Waals surface area contributed by atoms with Crippen LogP contribution in [0.2, 0.25) is 0 Å². The Morgan fingerprint density at radius 1 is 1.27 bits per heavy atom. The zero-order valence-corrected chi connectivity index (χ0v) is 17.9. The van der Waals surface area contributed by atoms with Crippen molar-refractivity contribution in [1.29, 1.82) is 0 Å². The molecule has 2 aliphatic carbocycles. The molecule has 0 saturated heterocycles. The number of fused-ring (bicyclic) bond motifs is 3. The third-order valence-corrected chi connectivity index (χ3v) is 6.83. The predicted molar refractivity (Wildman–Crippen MR) is 110 cm³/mol. The molecule has 4 rings (SSSR count). The first-order chi connectivity index (χ1) is 14.3. The van der Waals surface area contributed by atoms with Gasteiger partial charge in [0, 0.05) is 23.9 Å². The Morgan fingerprint density at radius 2 is 2.07 bits per heavy atom. The molecule has 9 nitrogen and oxygen atoms in total. The van der Waals surface area contributed by atoms with Gasteiger partial charge in [0.25, 0.3) is 11.7 Å². The number of hydrogen-bond donors (Lipinski definition) is 2. The quantitative estimate of drug-likeness (QED) is 0.661. The third kappa shape index (κ3) is 4.11. The number of esters is 1. The summed E-state index contributed by atoms with van der Waals surface area (Å²) in [4.78, 5) is 32.9. The number of nitrogens with two attached hydrogens (primary N) is 1. The van der Waals surface area contributed by atoms with Crippen LogP contribution in [0.25, 0.3) is 5.78 Å². The maximum atomic E-state index is 12.2. The highest BCUT2D eigenvalue weighted by atomic mass is 16.5. The van der Waals surface area contributed by atoms with E-state index in [9.17, 15) is 9.59 Å². The monoisotopic (exact) mass is 414 g/mol. The fraction of sp³-hybridized carbons (Fsp3) is 0.667. The largest absolute Gasteiger partial charge is 0.456 e.